The Labute approximate surface area is 176 Å². The molecule has 1 unspecified atom stereocenters. The SMILES string of the molecule is C=CCn1c(SC(C)/C(O)=C(/C#N)c2nc3ccccc3[nH]2)nnc1-c1ccco1. The molecule has 0 aliphatic carbocycles. The third kappa shape index (κ3) is 3.60. The van der Waals surface area contributed by atoms with E-state index in [0.29, 0.717) is 29.1 Å². The highest BCUT2D eigenvalue weighted by Gasteiger charge is 2.23. The number of aliphatic hydroxyl groups is 1. The fraction of sp³-hybridized carbons (Fsp3) is 0.143. The molecule has 8 nitrogen and oxygen atoms in total. The van der Waals surface area contributed by atoms with Crippen molar-refractivity contribution in [1.82, 2.24) is 24.7 Å². The number of benzene rings is 1. The summed E-state index contributed by atoms with van der Waals surface area (Å²) >= 11 is 1.28. The molecule has 3 aromatic heterocycles. The van der Waals surface area contributed by atoms with E-state index in [-0.39, 0.29) is 11.3 Å². The number of para-hydroxylation sites is 2. The smallest absolute Gasteiger partial charge is 0.200 e. The second-order valence-corrected chi connectivity index (χ2v) is 7.73. The lowest BCUT2D eigenvalue weighted by Gasteiger charge is -2.12. The van der Waals surface area contributed by atoms with Crippen LogP contribution in [-0.2, 0) is 6.54 Å². The van der Waals surface area contributed by atoms with E-state index in [0.717, 1.165) is 11.0 Å². The Balaban J connectivity index is 1.66. The van der Waals surface area contributed by atoms with Gasteiger partial charge >= 0.3 is 0 Å². The van der Waals surface area contributed by atoms with Gasteiger partial charge in [0.1, 0.15) is 17.4 Å². The third-order valence-corrected chi connectivity index (χ3v) is 5.52. The molecule has 0 bridgehead atoms. The quantitative estimate of drug-likeness (QED) is 0.195. The zero-order valence-electron chi connectivity index (χ0n) is 16.1. The van der Waals surface area contributed by atoms with Gasteiger partial charge in [-0.15, -0.1) is 16.8 Å². The van der Waals surface area contributed by atoms with Crippen molar-refractivity contribution < 1.29 is 9.52 Å². The van der Waals surface area contributed by atoms with Crippen molar-refractivity contribution in [3.8, 4) is 17.7 Å². The van der Waals surface area contributed by atoms with Gasteiger partial charge in [0, 0.05) is 6.54 Å². The standard InChI is InChI=1S/C21H18N6O2S/c1-3-10-27-20(17-9-6-11-29-17)25-26-21(27)30-13(2)18(28)14(12-22)19-23-15-7-4-5-8-16(15)24-19/h3-9,11,13,28H,1,10H2,2H3,(H,23,24)/b18-14+. The molecule has 30 heavy (non-hydrogen) atoms. The number of nitrogens with zero attached hydrogens (tertiary/aromatic N) is 5. The highest BCUT2D eigenvalue weighted by molar-refractivity contribution is 7.99. The van der Waals surface area contributed by atoms with E-state index >= 15 is 0 Å². The molecule has 0 fully saturated rings. The molecule has 4 aromatic rings. The lowest BCUT2D eigenvalue weighted by Crippen LogP contribution is -2.08. The van der Waals surface area contributed by atoms with Gasteiger partial charge in [-0.3, -0.25) is 4.57 Å². The minimum atomic E-state index is -0.468. The van der Waals surface area contributed by atoms with Crippen LogP contribution in [0.4, 0.5) is 0 Å². The number of thioether (sulfide) groups is 1. The van der Waals surface area contributed by atoms with Gasteiger partial charge in [-0.05, 0) is 31.2 Å². The predicted molar refractivity (Wildman–Crippen MR) is 114 cm³/mol. The lowest BCUT2D eigenvalue weighted by atomic mass is 10.2. The molecule has 0 aliphatic heterocycles. The molecule has 0 radical (unpaired) electrons. The summed E-state index contributed by atoms with van der Waals surface area (Å²) in [7, 11) is 0. The van der Waals surface area contributed by atoms with Gasteiger partial charge in [0.2, 0.25) is 5.82 Å². The molecule has 4 rings (SSSR count). The van der Waals surface area contributed by atoms with Crippen molar-refractivity contribution in [3.05, 3.63) is 66.9 Å². The van der Waals surface area contributed by atoms with Crippen LogP contribution in [0, 0.1) is 11.3 Å². The van der Waals surface area contributed by atoms with Crippen molar-refractivity contribution in [2.24, 2.45) is 0 Å². The number of furan rings is 1. The zero-order chi connectivity index (χ0) is 21.1. The first kappa shape index (κ1) is 19.5. The number of allylic oxidation sites excluding steroid dienone is 2. The van der Waals surface area contributed by atoms with Crippen LogP contribution in [0.1, 0.15) is 12.7 Å². The maximum Gasteiger partial charge on any atom is 0.200 e. The number of imidazole rings is 1. The zero-order valence-corrected chi connectivity index (χ0v) is 16.9. The fourth-order valence-electron chi connectivity index (χ4n) is 2.98. The van der Waals surface area contributed by atoms with Crippen molar-refractivity contribution in [2.75, 3.05) is 0 Å². The molecule has 2 N–H and O–H groups in total. The van der Waals surface area contributed by atoms with Crippen LogP contribution in [0.25, 0.3) is 28.2 Å². The van der Waals surface area contributed by atoms with Gasteiger partial charge in [0.05, 0.1) is 22.5 Å². The average molecular weight is 418 g/mol. The molecule has 1 aromatic carbocycles. The van der Waals surface area contributed by atoms with Gasteiger partial charge in [0.15, 0.2) is 16.7 Å². The number of rotatable bonds is 7. The normalized spacial score (nSPS) is 13.1. The lowest BCUT2D eigenvalue weighted by molar-refractivity contribution is 0.401. The number of aromatic amines is 1. The van der Waals surface area contributed by atoms with Gasteiger partial charge in [-0.1, -0.05) is 30.0 Å². The highest BCUT2D eigenvalue weighted by Crippen LogP contribution is 2.32. The summed E-state index contributed by atoms with van der Waals surface area (Å²) in [4.78, 5) is 7.50. The summed E-state index contributed by atoms with van der Waals surface area (Å²) < 4.78 is 7.27. The van der Waals surface area contributed by atoms with Gasteiger partial charge in [0.25, 0.3) is 0 Å². The molecule has 0 saturated carbocycles. The number of H-pyrrole nitrogens is 1. The predicted octanol–water partition coefficient (Wildman–Crippen LogP) is 4.57. The molecule has 0 amide bonds. The Hall–Kier alpha value is -3.77. The number of nitrogens with one attached hydrogen (secondary N) is 1. The summed E-state index contributed by atoms with van der Waals surface area (Å²) in [5, 5.41) is 29.0. The number of aliphatic hydroxyl groups excluding tert-OH is 1. The molecular formula is C21H18N6O2S. The number of hydrogen-bond acceptors (Lipinski definition) is 7. The molecule has 0 aliphatic rings. The first-order valence-electron chi connectivity index (χ1n) is 9.15. The van der Waals surface area contributed by atoms with Crippen LogP contribution in [0.2, 0.25) is 0 Å². The minimum absolute atomic E-state index is 0.0887. The van der Waals surface area contributed by atoms with Crippen LogP contribution in [0.15, 0.2) is 70.6 Å². The monoisotopic (exact) mass is 418 g/mol. The average Bonchev–Trinajstić information content (AvgIpc) is 3.48. The van der Waals surface area contributed by atoms with E-state index in [9.17, 15) is 10.4 Å². The van der Waals surface area contributed by atoms with Crippen molar-refractivity contribution >= 4 is 28.4 Å². The Bertz CT molecular complexity index is 1230. The van der Waals surface area contributed by atoms with E-state index in [4.69, 9.17) is 4.42 Å². The molecule has 150 valence electrons. The van der Waals surface area contributed by atoms with Crippen molar-refractivity contribution in [2.45, 2.75) is 23.9 Å². The first-order chi connectivity index (χ1) is 14.6. The van der Waals surface area contributed by atoms with Gasteiger partial charge < -0.3 is 14.5 Å². The second kappa shape index (κ2) is 8.31. The maximum atomic E-state index is 10.8. The maximum absolute atomic E-state index is 10.8. The summed E-state index contributed by atoms with van der Waals surface area (Å²) in [6.07, 6.45) is 3.30. The topological polar surface area (TPSA) is 117 Å². The summed E-state index contributed by atoms with van der Waals surface area (Å²) in [5.41, 5.74) is 1.61. The minimum Gasteiger partial charge on any atom is -0.510 e. The van der Waals surface area contributed by atoms with Gasteiger partial charge in [-0.2, -0.15) is 5.26 Å². The summed E-state index contributed by atoms with van der Waals surface area (Å²) in [6, 6.07) is 13.1. The van der Waals surface area contributed by atoms with E-state index in [1.54, 1.807) is 31.4 Å². The van der Waals surface area contributed by atoms with Crippen molar-refractivity contribution in [3.63, 3.8) is 0 Å². The molecule has 9 heteroatoms. The summed E-state index contributed by atoms with van der Waals surface area (Å²) in [5.74, 6) is 1.39. The highest BCUT2D eigenvalue weighted by atomic mass is 32.2. The summed E-state index contributed by atoms with van der Waals surface area (Å²) in [6.45, 7) is 6.05. The largest absolute Gasteiger partial charge is 0.510 e. The van der Waals surface area contributed by atoms with Crippen LogP contribution in [0.5, 0.6) is 0 Å². The third-order valence-electron chi connectivity index (χ3n) is 4.43. The Morgan fingerprint density at radius 1 is 1.37 bits per heavy atom. The number of hydrogen-bond donors (Lipinski definition) is 2. The molecule has 0 saturated heterocycles. The molecular weight excluding hydrogens is 400 g/mol. The molecule has 3 heterocycles. The number of fused-ring (bicyclic) bond motifs is 1. The van der Waals surface area contributed by atoms with Crippen LogP contribution >= 0.6 is 11.8 Å². The Morgan fingerprint density at radius 2 is 2.20 bits per heavy atom. The van der Waals surface area contributed by atoms with Crippen molar-refractivity contribution in [1.29, 1.82) is 5.26 Å². The van der Waals surface area contributed by atoms with Crippen LogP contribution < -0.4 is 0 Å². The van der Waals surface area contributed by atoms with E-state index < -0.39 is 5.25 Å². The van der Waals surface area contributed by atoms with Gasteiger partial charge in [-0.25, -0.2) is 4.98 Å². The first-order valence-corrected chi connectivity index (χ1v) is 10.0. The van der Waals surface area contributed by atoms with Crippen LogP contribution in [-0.4, -0.2) is 35.1 Å². The Morgan fingerprint density at radius 3 is 2.90 bits per heavy atom. The molecule has 1 atom stereocenters. The van der Waals surface area contributed by atoms with Crippen LogP contribution in [0.3, 0.4) is 0 Å². The van der Waals surface area contributed by atoms with E-state index in [1.807, 2.05) is 28.8 Å². The fourth-order valence-corrected chi connectivity index (χ4v) is 3.90. The van der Waals surface area contributed by atoms with E-state index in [1.165, 1.54) is 11.8 Å². The Kier molecular flexibility index (Phi) is 5.41. The molecule has 0 spiro atoms. The number of nitriles is 1. The number of aromatic nitrogens is 5. The van der Waals surface area contributed by atoms with E-state index in [2.05, 4.69) is 32.8 Å². The second-order valence-electron chi connectivity index (χ2n) is 6.42.